The molecule has 0 aliphatic heterocycles. The molecule has 0 fully saturated rings. The first-order chi connectivity index (χ1) is 26.3. The van der Waals surface area contributed by atoms with Gasteiger partial charge < -0.3 is 19.7 Å². The number of aliphatic carboxylic acids is 2. The molecule has 0 bridgehead atoms. The number of carboxylic acids is 2. The number of nitrogens with zero attached hydrogens (tertiary/aromatic N) is 3. The SMILES string of the molecule is CCn1c2ccccc2c2cc(-c3cc(C)c(-c4cc(C)c(-c5cc6c(s5)-c5sc(/C=C(\C#N)C(=O)N(CC(=O)O)CC(=O)O)cc5C6(C)C)s4)s3)ccc21. The van der Waals surface area contributed by atoms with Crippen LogP contribution < -0.4 is 0 Å². The Balaban J connectivity index is 1.10. The zero-order valence-electron chi connectivity index (χ0n) is 30.6. The second-order valence-electron chi connectivity index (χ2n) is 14.2. The monoisotopic (exact) mass is 801 g/mol. The average Bonchev–Trinajstić information content (AvgIpc) is 3.99. The highest BCUT2D eigenvalue weighted by atomic mass is 32.1. The molecule has 1 aliphatic rings. The van der Waals surface area contributed by atoms with E-state index in [9.17, 15) is 29.9 Å². The average molecular weight is 802 g/mol. The van der Waals surface area contributed by atoms with E-state index in [-0.39, 0.29) is 11.0 Å². The summed E-state index contributed by atoms with van der Waals surface area (Å²) in [6.45, 7) is 10.2. The molecule has 8 nitrogen and oxygen atoms in total. The number of fused-ring (bicyclic) bond motifs is 6. The van der Waals surface area contributed by atoms with Crippen molar-refractivity contribution in [3.8, 4) is 45.8 Å². The summed E-state index contributed by atoms with van der Waals surface area (Å²) >= 11 is 6.88. The number of carbonyl (C=O) groups is 3. The van der Waals surface area contributed by atoms with Crippen molar-refractivity contribution < 1.29 is 24.6 Å². The Bertz CT molecular complexity index is 2800. The Morgan fingerprint density at radius 2 is 1.35 bits per heavy atom. The van der Waals surface area contributed by atoms with Crippen molar-refractivity contribution in [1.29, 1.82) is 5.26 Å². The minimum Gasteiger partial charge on any atom is -0.480 e. The molecular weight excluding hydrogens is 767 g/mol. The van der Waals surface area contributed by atoms with Crippen molar-refractivity contribution in [2.24, 2.45) is 0 Å². The molecule has 5 heterocycles. The molecule has 276 valence electrons. The molecule has 0 spiro atoms. The van der Waals surface area contributed by atoms with Gasteiger partial charge in [-0.05, 0) is 97.1 Å². The van der Waals surface area contributed by atoms with E-state index < -0.39 is 30.9 Å². The number of thiophene rings is 4. The van der Waals surface area contributed by atoms with Crippen molar-refractivity contribution in [3.63, 3.8) is 0 Å². The zero-order valence-corrected chi connectivity index (χ0v) is 33.9. The number of amides is 1. The fraction of sp³-hybridized carbons (Fsp3) is 0.209. The highest BCUT2D eigenvalue weighted by molar-refractivity contribution is 7.29. The van der Waals surface area contributed by atoms with Crippen molar-refractivity contribution in [2.75, 3.05) is 13.1 Å². The van der Waals surface area contributed by atoms with E-state index in [1.807, 2.05) is 34.8 Å². The lowest BCUT2D eigenvalue weighted by Gasteiger charge is -2.19. The fourth-order valence-corrected chi connectivity index (χ4v) is 13.0. The normalized spacial score (nSPS) is 13.3. The van der Waals surface area contributed by atoms with Gasteiger partial charge in [-0.15, -0.1) is 45.3 Å². The number of aryl methyl sites for hydroxylation is 3. The number of benzene rings is 2. The van der Waals surface area contributed by atoms with Gasteiger partial charge in [-0.3, -0.25) is 14.4 Å². The first-order valence-electron chi connectivity index (χ1n) is 17.7. The number of para-hydroxylation sites is 1. The van der Waals surface area contributed by atoms with Crippen LogP contribution in [0.5, 0.6) is 0 Å². The first kappa shape index (κ1) is 36.6. The number of hydrogen-bond acceptors (Lipinski definition) is 8. The minimum atomic E-state index is -1.36. The van der Waals surface area contributed by atoms with Crippen molar-refractivity contribution in [1.82, 2.24) is 9.47 Å². The smallest absolute Gasteiger partial charge is 0.323 e. The lowest BCUT2D eigenvalue weighted by Crippen LogP contribution is -2.39. The van der Waals surface area contributed by atoms with Gasteiger partial charge in [-0.2, -0.15) is 5.26 Å². The molecule has 8 rings (SSSR count). The number of aromatic nitrogens is 1. The Kier molecular flexibility index (Phi) is 9.17. The molecule has 0 atom stereocenters. The number of carbonyl (C=O) groups excluding carboxylic acids is 1. The summed E-state index contributed by atoms with van der Waals surface area (Å²) in [6, 6.07) is 26.2. The molecule has 0 saturated heterocycles. The van der Waals surface area contributed by atoms with Crippen molar-refractivity contribution in [2.45, 2.75) is 46.6 Å². The lowest BCUT2D eigenvalue weighted by atomic mass is 9.83. The topological polar surface area (TPSA) is 124 Å². The zero-order chi connectivity index (χ0) is 38.9. The van der Waals surface area contributed by atoms with Gasteiger partial charge in [0.15, 0.2) is 0 Å². The predicted molar refractivity (Wildman–Crippen MR) is 225 cm³/mol. The van der Waals surface area contributed by atoms with Gasteiger partial charge in [0.25, 0.3) is 5.91 Å². The second-order valence-corrected chi connectivity index (χ2v) is 18.5. The molecule has 0 saturated carbocycles. The summed E-state index contributed by atoms with van der Waals surface area (Å²) in [4.78, 5) is 45.4. The largest absolute Gasteiger partial charge is 0.480 e. The van der Waals surface area contributed by atoms with Gasteiger partial charge >= 0.3 is 11.9 Å². The quantitative estimate of drug-likeness (QED) is 0.105. The Hall–Kier alpha value is -5.32. The molecule has 2 N–H and O–H groups in total. The van der Waals surface area contributed by atoms with Crippen LogP contribution >= 0.6 is 45.3 Å². The van der Waals surface area contributed by atoms with Crippen LogP contribution in [-0.4, -0.2) is 50.6 Å². The molecule has 0 radical (unpaired) electrons. The third-order valence-corrected chi connectivity index (χ3v) is 15.5. The van der Waals surface area contributed by atoms with Gasteiger partial charge in [0, 0.05) is 72.8 Å². The van der Waals surface area contributed by atoms with Crippen LogP contribution in [-0.2, 0) is 26.3 Å². The van der Waals surface area contributed by atoms with E-state index in [1.54, 1.807) is 11.3 Å². The van der Waals surface area contributed by atoms with E-state index in [1.165, 1.54) is 85.9 Å². The fourth-order valence-electron chi connectivity index (χ4n) is 7.63. The summed E-state index contributed by atoms with van der Waals surface area (Å²) in [6.07, 6.45) is 1.43. The van der Waals surface area contributed by atoms with Gasteiger partial charge in [0.05, 0.1) is 0 Å². The Morgan fingerprint density at radius 1 is 0.764 bits per heavy atom. The van der Waals surface area contributed by atoms with Crippen LogP contribution in [0.4, 0.5) is 0 Å². The van der Waals surface area contributed by atoms with Crippen LogP contribution in [0, 0.1) is 25.2 Å². The summed E-state index contributed by atoms with van der Waals surface area (Å²) in [5.74, 6) is -3.66. The minimum absolute atomic E-state index is 0.314. The molecule has 55 heavy (non-hydrogen) atoms. The summed E-state index contributed by atoms with van der Waals surface area (Å²) in [5, 5.41) is 30.8. The van der Waals surface area contributed by atoms with Crippen molar-refractivity contribution >= 4 is 91.1 Å². The standard InChI is InChI=1S/C43H35N3O5S4/c1-6-46-31-10-8-7-9-27(31)28-16-24(11-12-32(28)46)33-13-22(2)38(53-33)34-14-23(3)39(54-34)35-18-30-41(55-35)40-29(43(30,4)5)17-26(52-40)15-25(19-44)42(51)45(20-36(47)48)21-37(49)50/h7-18H,6,20-21H2,1-5H3,(H,47,48)(H,49,50)/b25-15+. The van der Waals surface area contributed by atoms with E-state index in [0.29, 0.717) is 9.78 Å². The molecule has 0 unspecified atom stereocenters. The second kappa shape index (κ2) is 13.8. The van der Waals surface area contributed by atoms with Crippen LogP contribution in [0.3, 0.4) is 0 Å². The number of hydrogen-bond donors (Lipinski definition) is 2. The highest BCUT2D eigenvalue weighted by Gasteiger charge is 2.40. The maximum absolute atomic E-state index is 13.1. The third-order valence-electron chi connectivity index (χ3n) is 10.3. The summed E-state index contributed by atoms with van der Waals surface area (Å²) in [7, 11) is 0. The van der Waals surface area contributed by atoms with E-state index in [4.69, 9.17) is 0 Å². The third kappa shape index (κ3) is 6.21. The Morgan fingerprint density at radius 3 is 2.02 bits per heavy atom. The lowest BCUT2D eigenvalue weighted by molar-refractivity contribution is -0.147. The van der Waals surface area contributed by atoms with E-state index in [2.05, 4.69) is 99.8 Å². The first-order valence-corrected chi connectivity index (χ1v) is 20.9. The predicted octanol–water partition coefficient (Wildman–Crippen LogP) is 10.9. The number of carboxylic acid groups (broad SMARTS) is 2. The Labute approximate surface area is 333 Å². The maximum Gasteiger partial charge on any atom is 0.323 e. The molecule has 5 aromatic heterocycles. The summed E-state index contributed by atoms with van der Waals surface area (Å²) in [5.41, 5.74) is 7.91. The molecule has 12 heteroatoms. The van der Waals surface area contributed by atoms with E-state index >= 15 is 0 Å². The van der Waals surface area contributed by atoms with Crippen LogP contribution in [0.2, 0.25) is 0 Å². The number of rotatable bonds is 10. The van der Waals surface area contributed by atoms with Crippen LogP contribution in [0.25, 0.3) is 67.6 Å². The van der Waals surface area contributed by atoms with Gasteiger partial charge in [0.1, 0.15) is 24.7 Å². The van der Waals surface area contributed by atoms with Crippen LogP contribution in [0.1, 0.15) is 47.9 Å². The number of nitriles is 1. The summed E-state index contributed by atoms with van der Waals surface area (Å²) < 4.78 is 2.38. The maximum atomic E-state index is 13.1. The van der Waals surface area contributed by atoms with Gasteiger partial charge in [0.2, 0.25) is 0 Å². The molecule has 1 aliphatic carbocycles. The van der Waals surface area contributed by atoms with Crippen molar-refractivity contribution in [3.05, 3.63) is 99.4 Å². The highest BCUT2D eigenvalue weighted by Crippen LogP contribution is 2.58. The molecule has 7 aromatic rings. The molecular formula is C43H35N3O5S4. The van der Waals surface area contributed by atoms with Crippen LogP contribution in [0.15, 0.2) is 72.3 Å². The van der Waals surface area contributed by atoms with E-state index in [0.717, 1.165) is 21.9 Å². The molecule has 1 amide bonds. The van der Waals surface area contributed by atoms with Gasteiger partial charge in [-0.1, -0.05) is 38.1 Å². The molecule has 2 aromatic carbocycles. The van der Waals surface area contributed by atoms with Gasteiger partial charge in [-0.25, -0.2) is 0 Å².